The number of ether oxygens (including phenoxy) is 1. The average molecular weight is 467 g/mol. The minimum atomic E-state index is -0.377. The van der Waals surface area contributed by atoms with Crippen molar-refractivity contribution in [2.75, 3.05) is 72.6 Å². The standard InChI is InChI=1S/C21H38N4O3.2ClH/c1-17-12-18(2)14-25(13-17)19(26)15-23-8-10-24(11-9-23)20(27)21(16-28-3)4-6-22-7-5-21;;/h17-18,22H,4-16H2,1-3H3;2*1H. The second-order valence-electron chi connectivity index (χ2n) is 9.28. The van der Waals surface area contributed by atoms with Gasteiger partial charge in [0.05, 0.1) is 18.6 Å². The third-order valence-electron chi connectivity index (χ3n) is 6.67. The van der Waals surface area contributed by atoms with E-state index in [0.29, 0.717) is 38.1 Å². The average Bonchev–Trinajstić information content (AvgIpc) is 2.68. The van der Waals surface area contributed by atoms with Crippen molar-refractivity contribution in [3.8, 4) is 0 Å². The van der Waals surface area contributed by atoms with Gasteiger partial charge in [-0.3, -0.25) is 14.5 Å². The van der Waals surface area contributed by atoms with E-state index in [2.05, 4.69) is 24.1 Å². The molecular formula is C21H40Cl2N4O3. The Morgan fingerprint density at radius 2 is 1.53 bits per heavy atom. The Hall–Kier alpha value is -0.600. The van der Waals surface area contributed by atoms with Crippen LogP contribution in [0.4, 0.5) is 0 Å². The highest BCUT2D eigenvalue weighted by atomic mass is 35.5. The number of hydrogen-bond acceptors (Lipinski definition) is 5. The minimum absolute atomic E-state index is 0. The van der Waals surface area contributed by atoms with E-state index in [1.807, 2.05) is 9.80 Å². The Labute approximate surface area is 194 Å². The van der Waals surface area contributed by atoms with Crippen LogP contribution in [0.1, 0.15) is 33.1 Å². The van der Waals surface area contributed by atoms with Crippen molar-refractivity contribution in [3.05, 3.63) is 0 Å². The van der Waals surface area contributed by atoms with E-state index < -0.39 is 0 Å². The molecule has 30 heavy (non-hydrogen) atoms. The van der Waals surface area contributed by atoms with Crippen molar-refractivity contribution in [2.24, 2.45) is 17.3 Å². The molecule has 0 aromatic heterocycles. The summed E-state index contributed by atoms with van der Waals surface area (Å²) in [5.74, 6) is 1.65. The van der Waals surface area contributed by atoms with Crippen LogP contribution in [0.25, 0.3) is 0 Å². The minimum Gasteiger partial charge on any atom is -0.384 e. The van der Waals surface area contributed by atoms with E-state index >= 15 is 0 Å². The van der Waals surface area contributed by atoms with Crippen molar-refractivity contribution in [3.63, 3.8) is 0 Å². The molecule has 2 atom stereocenters. The summed E-state index contributed by atoms with van der Waals surface area (Å²) < 4.78 is 5.42. The van der Waals surface area contributed by atoms with Crippen LogP contribution in [0.3, 0.4) is 0 Å². The molecule has 2 amide bonds. The Kier molecular flexibility index (Phi) is 11.4. The van der Waals surface area contributed by atoms with Gasteiger partial charge in [-0.1, -0.05) is 13.8 Å². The van der Waals surface area contributed by atoms with Crippen LogP contribution in [0, 0.1) is 17.3 Å². The third kappa shape index (κ3) is 6.70. The number of methoxy groups -OCH3 is 1. The van der Waals surface area contributed by atoms with Crippen LogP contribution in [-0.2, 0) is 14.3 Å². The number of nitrogens with one attached hydrogen (secondary N) is 1. The largest absolute Gasteiger partial charge is 0.384 e. The van der Waals surface area contributed by atoms with Crippen molar-refractivity contribution >= 4 is 36.6 Å². The molecule has 0 saturated carbocycles. The van der Waals surface area contributed by atoms with Gasteiger partial charge in [-0.15, -0.1) is 24.8 Å². The van der Waals surface area contributed by atoms with Gasteiger partial charge in [-0.05, 0) is 44.2 Å². The summed E-state index contributed by atoms with van der Waals surface area (Å²) >= 11 is 0. The van der Waals surface area contributed by atoms with E-state index in [9.17, 15) is 9.59 Å². The Balaban J connectivity index is 0.00000225. The van der Waals surface area contributed by atoms with E-state index in [1.54, 1.807) is 7.11 Å². The lowest BCUT2D eigenvalue weighted by atomic mass is 9.78. The SMILES string of the molecule is COCC1(C(=O)N2CCN(CC(=O)N3CC(C)CC(C)C3)CC2)CCNCC1.Cl.Cl. The van der Waals surface area contributed by atoms with Gasteiger partial charge in [0.1, 0.15) is 0 Å². The highest BCUT2D eigenvalue weighted by Gasteiger charge is 2.43. The smallest absolute Gasteiger partial charge is 0.236 e. The number of nitrogens with zero attached hydrogens (tertiary/aromatic N) is 3. The molecular weight excluding hydrogens is 427 g/mol. The number of piperidine rings is 2. The molecule has 1 N–H and O–H groups in total. The van der Waals surface area contributed by atoms with Crippen LogP contribution in [-0.4, -0.2) is 99.1 Å². The first-order valence-electron chi connectivity index (χ1n) is 10.9. The van der Waals surface area contributed by atoms with Crippen LogP contribution in [0.5, 0.6) is 0 Å². The van der Waals surface area contributed by atoms with Crippen LogP contribution < -0.4 is 5.32 Å². The summed E-state index contributed by atoms with van der Waals surface area (Å²) in [5, 5.41) is 3.34. The van der Waals surface area contributed by atoms with Crippen molar-refractivity contribution < 1.29 is 14.3 Å². The van der Waals surface area contributed by atoms with Crippen LogP contribution in [0.15, 0.2) is 0 Å². The number of hydrogen-bond donors (Lipinski definition) is 1. The fraction of sp³-hybridized carbons (Fsp3) is 0.905. The van der Waals surface area contributed by atoms with Gasteiger partial charge in [0.15, 0.2) is 0 Å². The molecule has 3 fully saturated rings. The number of likely N-dealkylation sites (tertiary alicyclic amines) is 1. The number of piperazine rings is 1. The summed E-state index contributed by atoms with van der Waals surface area (Å²) in [6, 6.07) is 0. The number of amides is 2. The molecule has 0 aromatic rings. The lowest BCUT2D eigenvalue weighted by molar-refractivity contribution is -0.149. The van der Waals surface area contributed by atoms with Crippen molar-refractivity contribution in [2.45, 2.75) is 33.1 Å². The molecule has 0 spiro atoms. The normalized spacial score (nSPS) is 27.0. The second-order valence-corrected chi connectivity index (χ2v) is 9.28. The molecule has 2 unspecified atom stereocenters. The number of carbonyl (C=O) groups excluding carboxylic acids is 2. The van der Waals surface area contributed by atoms with Crippen molar-refractivity contribution in [1.29, 1.82) is 0 Å². The zero-order chi connectivity index (χ0) is 20.1. The van der Waals surface area contributed by atoms with Gasteiger partial charge in [-0.25, -0.2) is 0 Å². The molecule has 3 heterocycles. The fourth-order valence-corrected chi connectivity index (χ4v) is 5.20. The number of carbonyl (C=O) groups is 2. The predicted octanol–water partition coefficient (Wildman–Crippen LogP) is 1.49. The fourth-order valence-electron chi connectivity index (χ4n) is 5.20. The number of halogens is 2. The maximum atomic E-state index is 13.2. The van der Waals surface area contributed by atoms with Gasteiger partial charge in [0.25, 0.3) is 0 Å². The van der Waals surface area contributed by atoms with Gasteiger partial charge >= 0.3 is 0 Å². The summed E-state index contributed by atoms with van der Waals surface area (Å²) in [4.78, 5) is 32.2. The van der Waals surface area contributed by atoms with Gasteiger partial charge in [0, 0.05) is 46.4 Å². The lowest BCUT2D eigenvalue weighted by Crippen LogP contribution is -2.57. The molecule has 0 aromatic carbocycles. The van der Waals surface area contributed by atoms with Gasteiger partial charge in [-0.2, -0.15) is 0 Å². The summed E-state index contributed by atoms with van der Waals surface area (Å²) in [5.41, 5.74) is -0.377. The topological polar surface area (TPSA) is 65.1 Å². The highest BCUT2D eigenvalue weighted by molar-refractivity contribution is 5.85. The number of rotatable bonds is 5. The molecule has 7 nitrogen and oxygen atoms in total. The van der Waals surface area contributed by atoms with E-state index in [1.165, 1.54) is 6.42 Å². The molecule has 0 aliphatic carbocycles. The monoisotopic (exact) mass is 466 g/mol. The Morgan fingerprint density at radius 1 is 0.967 bits per heavy atom. The quantitative estimate of drug-likeness (QED) is 0.664. The highest BCUT2D eigenvalue weighted by Crippen LogP contribution is 2.32. The predicted molar refractivity (Wildman–Crippen MR) is 123 cm³/mol. The maximum Gasteiger partial charge on any atom is 0.236 e. The first kappa shape index (κ1) is 27.4. The van der Waals surface area contributed by atoms with Crippen LogP contribution in [0.2, 0.25) is 0 Å². The molecule has 9 heteroatoms. The summed E-state index contributed by atoms with van der Waals surface area (Å²) in [6.45, 7) is 11.9. The lowest BCUT2D eigenvalue weighted by Gasteiger charge is -2.43. The van der Waals surface area contributed by atoms with E-state index in [4.69, 9.17) is 4.74 Å². The molecule has 3 aliphatic heterocycles. The zero-order valence-electron chi connectivity index (χ0n) is 18.7. The Morgan fingerprint density at radius 3 is 2.07 bits per heavy atom. The molecule has 176 valence electrons. The zero-order valence-corrected chi connectivity index (χ0v) is 20.4. The van der Waals surface area contributed by atoms with E-state index in [0.717, 1.165) is 52.1 Å². The first-order valence-corrected chi connectivity index (χ1v) is 10.9. The second kappa shape index (κ2) is 12.4. The molecule has 0 radical (unpaired) electrons. The third-order valence-corrected chi connectivity index (χ3v) is 6.67. The Bertz CT molecular complexity index is 537. The summed E-state index contributed by atoms with van der Waals surface area (Å²) in [7, 11) is 1.68. The molecule has 3 saturated heterocycles. The summed E-state index contributed by atoms with van der Waals surface area (Å²) in [6.07, 6.45) is 2.89. The molecule has 3 aliphatic rings. The first-order chi connectivity index (χ1) is 13.4. The molecule has 3 rings (SSSR count). The van der Waals surface area contributed by atoms with Crippen molar-refractivity contribution in [1.82, 2.24) is 20.0 Å². The van der Waals surface area contributed by atoms with Gasteiger partial charge in [0.2, 0.25) is 11.8 Å². The molecule has 0 bridgehead atoms. The van der Waals surface area contributed by atoms with Gasteiger partial charge < -0.3 is 19.9 Å². The van der Waals surface area contributed by atoms with Crippen LogP contribution >= 0.6 is 24.8 Å². The van der Waals surface area contributed by atoms with E-state index in [-0.39, 0.29) is 42.0 Å². The maximum absolute atomic E-state index is 13.2.